The van der Waals surface area contributed by atoms with Gasteiger partial charge in [-0.25, -0.2) is 19.2 Å². The number of amides is 2. The van der Waals surface area contributed by atoms with Crippen LogP contribution in [0.5, 0.6) is 0 Å². The Bertz CT molecular complexity index is 1810. The number of carboxylic acid groups (broad SMARTS) is 1. The van der Waals surface area contributed by atoms with E-state index in [4.69, 9.17) is 14.2 Å². The quantitative estimate of drug-likeness (QED) is 0.114. The molecule has 284 valence electrons. The van der Waals surface area contributed by atoms with E-state index in [0.717, 1.165) is 29.5 Å². The third kappa shape index (κ3) is 8.98. The van der Waals surface area contributed by atoms with E-state index in [1.807, 2.05) is 60.7 Å². The van der Waals surface area contributed by atoms with Crippen molar-refractivity contribution in [3.63, 3.8) is 0 Å². The minimum absolute atomic E-state index is 0.000337. The summed E-state index contributed by atoms with van der Waals surface area (Å²) in [6, 6.07) is 24.7. The highest BCUT2D eigenvalue weighted by atomic mass is 16.6. The van der Waals surface area contributed by atoms with Crippen LogP contribution in [0.15, 0.2) is 84.9 Å². The lowest BCUT2D eigenvalue weighted by atomic mass is 9.77. The number of aliphatic carboxylic acids is 1. The molecule has 1 unspecified atom stereocenters. The molecule has 3 aromatic carbocycles. The number of hydrogen-bond acceptors (Lipinski definition) is 9. The van der Waals surface area contributed by atoms with Crippen molar-refractivity contribution in [1.29, 1.82) is 0 Å². The van der Waals surface area contributed by atoms with Gasteiger partial charge in [0, 0.05) is 31.0 Å². The van der Waals surface area contributed by atoms with Crippen molar-refractivity contribution >= 4 is 35.7 Å². The van der Waals surface area contributed by atoms with Gasteiger partial charge in [-0.05, 0) is 74.0 Å². The normalized spacial score (nSPS) is 22.3. The lowest BCUT2D eigenvalue weighted by Crippen LogP contribution is -2.54. The molecule has 0 bridgehead atoms. The first-order valence-corrected chi connectivity index (χ1v) is 18.7. The third-order valence-corrected chi connectivity index (χ3v) is 11.0. The summed E-state index contributed by atoms with van der Waals surface area (Å²) in [7, 11) is 0. The first-order chi connectivity index (χ1) is 26.1. The van der Waals surface area contributed by atoms with Gasteiger partial charge < -0.3 is 19.3 Å². The van der Waals surface area contributed by atoms with E-state index in [9.17, 15) is 33.9 Å². The van der Waals surface area contributed by atoms with Crippen LogP contribution in [0.25, 0.3) is 0 Å². The first kappa shape index (κ1) is 38.2. The minimum Gasteiger partial charge on any atom is -0.479 e. The Kier molecular flexibility index (Phi) is 12.4. The smallest absolute Gasteiger partial charge is 0.411 e. The van der Waals surface area contributed by atoms with Crippen molar-refractivity contribution < 1.29 is 48.1 Å². The maximum atomic E-state index is 13.5. The van der Waals surface area contributed by atoms with Crippen molar-refractivity contribution in [2.24, 2.45) is 5.92 Å². The standard InChI is InChI=1S/C42H46N2O10/c45-36(25-42(39(48)49)22-8-24-44(42)41(51)54-27-30-11-5-2-6-12-30)33-18-14-31(15-19-33)32-16-20-34(21-17-32)37(46)28-52-38(47)35-13-7-23-43(35)40(50)53-26-29-9-3-1-4-10-29/h1-6,9-12,14-15,18-19,32,34-35H,7-8,13,16-17,20-28H2,(H,48,49)/t32?,34?,35-,42?/m0/s1. The zero-order chi connectivity index (χ0) is 38.1. The van der Waals surface area contributed by atoms with Crippen LogP contribution in [0.4, 0.5) is 9.59 Å². The SMILES string of the molecule is O=C(CC1(C(=O)O)CCCN1C(=O)OCc1ccccc1)c1ccc(C2CCC(C(=O)COC(=O)[C@@H]3CCCN3C(=O)OCc3ccccc3)CC2)cc1. The fourth-order valence-corrected chi connectivity index (χ4v) is 7.87. The van der Waals surface area contributed by atoms with E-state index in [0.29, 0.717) is 44.2 Å². The van der Waals surface area contributed by atoms with Gasteiger partial charge in [0.25, 0.3) is 0 Å². The third-order valence-electron chi connectivity index (χ3n) is 11.0. The molecule has 54 heavy (non-hydrogen) atoms. The molecule has 1 N–H and O–H groups in total. The molecule has 0 aromatic heterocycles. The lowest BCUT2D eigenvalue weighted by Gasteiger charge is -2.33. The lowest BCUT2D eigenvalue weighted by molar-refractivity contribution is -0.153. The number of benzene rings is 3. The molecule has 6 rings (SSSR count). The number of ether oxygens (including phenoxy) is 3. The number of carbonyl (C=O) groups is 6. The van der Waals surface area contributed by atoms with Crippen LogP contribution in [0.3, 0.4) is 0 Å². The Labute approximate surface area is 314 Å². The van der Waals surface area contributed by atoms with Gasteiger partial charge >= 0.3 is 24.1 Å². The second-order valence-electron chi connectivity index (χ2n) is 14.4. The van der Waals surface area contributed by atoms with E-state index in [-0.39, 0.29) is 62.6 Å². The molecular formula is C42H46N2O10. The molecule has 2 saturated heterocycles. The molecule has 0 radical (unpaired) electrons. The Balaban J connectivity index is 0.957. The monoisotopic (exact) mass is 738 g/mol. The molecule has 12 heteroatoms. The molecule has 0 spiro atoms. The largest absolute Gasteiger partial charge is 0.479 e. The summed E-state index contributed by atoms with van der Waals surface area (Å²) in [5.74, 6) is -2.42. The van der Waals surface area contributed by atoms with Gasteiger partial charge in [0.1, 0.15) is 25.9 Å². The summed E-state index contributed by atoms with van der Waals surface area (Å²) < 4.78 is 16.3. The van der Waals surface area contributed by atoms with E-state index in [2.05, 4.69) is 0 Å². The summed E-state index contributed by atoms with van der Waals surface area (Å²) in [6.45, 7) is 0.330. The molecule has 3 aromatic rings. The number of Topliss-reactive ketones (excluding diaryl/α,β-unsaturated/α-hetero) is 2. The molecule has 3 aliphatic rings. The molecular weight excluding hydrogens is 692 g/mol. The van der Waals surface area contributed by atoms with Crippen molar-refractivity contribution in [3.05, 3.63) is 107 Å². The van der Waals surface area contributed by atoms with Gasteiger partial charge in [-0.3, -0.25) is 19.4 Å². The van der Waals surface area contributed by atoms with Gasteiger partial charge in [0.15, 0.2) is 17.1 Å². The number of hydrogen-bond donors (Lipinski definition) is 1. The van der Waals surface area contributed by atoms with Crippen LogP contribution in [0, 0.1) is 5.92 Å². The van der Waals surface area contributed by atoms with Crippen molar-refractivity contribution in [1.82, 2.24) is 9.80 Å². The number of esters is 1. The maximum Gasteiger partial charge on any atom is 0.411 e. The topological polar surface area (TPSA) is 157 Å². The Hall–Kier alpha value is -5.52. The van der Waals surface area contributed by atoms with Crippen LogP contribution in [-0.2, 0) is 41.8 Å². The van der Waals surface area contributed by atoms with E-state index in [1.54, 1.807) is 24.3 Å². The van der Waals surface area contributed by atoms with Crippen molar-refractivity contribution in [2.75, 3.05) is 19.7 Å². The molecule has 2 heterocycles. The fourth-order valence-electron chi connectivity index (χ4n) is 7.87. The van der Waals surface area contributed by atoms with Crippen molar-refractivity contribution in [2.45, 2.75) is 88.5 Å². The van der Waals surface area contributed by atoms with Crippen LogP contribution in [0.2, 0.25) is 0 Å². The van der Waals surface area contributed by atoms with Gasteiger partial charge in [-0.1, -0.05) is 84.9 Å². The predicted molar refractivity (Wildman–Crippen MR) is 195 cm³/mol. The average molecular weight is 739 g/mol. The highest BCUT2D eigenvalue weighted by molar-refractivity contribution is 6.01. The Morgan fingerprint density at radius 2 is 1.30 bits per heavy atom. The van der Waals surface area contributed by atoms with Gasteiger partial charge in [-0.2, -0.15) is 0 Å². The fraction of sp³-hybridized carbons (Fsp3) is 0.429. The van der Waals surface area contributed by atoms with E-state index in [1.165, 1.54) is 9.80 Å². The average Bonchev–Trinajstić information content (AvgIpc) is 3.88. The number of carboxylic acids is 1. The van der Waals surface area contributed by atoms with Gasteiger partial charge in [-0.15, -0.1) is 0 Å². The Morgan fingerprint density at radius 1 is 0.685 bits per heavy atom. The van der Waals surface area contributed by atoms with Gasteiger partial charge in [0.2, 0.25) is 0 Å². The molecule has 1 aliphatic carbocycles. The number of rotatable bonds is 13. The van der Waals surface area contributed by atoms with Crippen molar-refractivity contribution in [3.8, 4) is 0 Å². The van der Waals surface area contributed by atoms with Crippen LogP contribution in [0.1, 0.15) is 90.8 Å². The van der Waals surface area contributed by atoms with Crippen LogP contribution < -0.4 is 0 Å². The molecule has 2 amide bonds. The summed E-state index contributed by atoms with van der Waals surface area (Å²) >= 11 is 0. The molecule has 2 atom stereocenters. The molecule has 2 aliphatic heterocycles. The number of nitrogens with zero attached hydrogens (tertiary/aromatic N) is 2. The maximum absolute atomic E-state index is 13.5. The van der Waals surface area contributed by atoms with Crippen LogP contribution in [-0.4, -0.2) is 81.9 Å². The predicted octanol–water partition coefficient (Wildman–Crippen LogP) is 6.70. The van der Waals surface area contributed by atoms with Crippen LogP contribution >= 0.6 is 0 Å². The molecule has 1 saturated carbocycles. The number of ketones is 2. The number of likely N-dealkylation sites (tertiary alicyclic amines) is 2. The summed E-state index contributed by atoms with van der Waals surface area (Å²) in [5.41, 5.74) is 1.31. The first-order valence-electron chi connectivity index (χ1n) is 18.7. The van der Waals surface area contributed by atoms with Gasteiger partial charge in [0.05, 0.1) is 0 Å². The van der Waals surface area contributed by atoms with E-state index < -0.39 is 35.7 Å². The second-order valence-corrected chi connectivity index (χ2v) is 14.4. The molecule has 3 fully saturated rings. The highest BCUT2D eigenvalue weighted by Crippen LogP contribution is 2.38. The highest BCUT2D eigenvalue weighted by Gasteiger charge is 2.52. The summed E-state index contributed by atoms with van der Waals surface area (Å²) in [4.78, 5) is 80.2. The second kappa shape index (κ2) is 17.5. The zero-order valence-electron chi connectivity index (χ0n) is 30.2. The minimum atomic E-state index is -1.69. The number of carbonyl (C=O) groups excluding carboxylic acids is 5. The molecule has 12 nitrogen and oxygen atoms in total. The zero-order valence-corrected chi connectivity index (χ0v) is 30.2. The summed E-state index contributed by atoms with van der Waals surface area (Å²) in [5, 5.41) is 10.3. The summed E-state index contributed by atoms with van der Waals surface area (Å²) in [6.07, 6.45) is 2.71. The van der Waals surface area contributed by atoms with E-state index >= 15 is 0 Å². The Morgan fingerprint density at radius 3 is 1.91 bits per heavy atom.